The average molecular weight is 342 g/mol. The number of hydrogen-bond acceptors (Lipinski definition) is 4. The number of furan rings is 1. The Morgan fingerprint density at radius 1 is 1.24 bits per heavy atom. The molecule has 1 fully saturated rings. The molecule has 4 nitrogen and oxygen atoms in total. The van der Waals surface area contributed by atoms with Crippen LogP contribution in [0.5, 0.6) is 11.5 Å². The van der Waals surface area contributed by atoms with Crippen LogP contribution in [-0.2, 0) is 5.41 Å². The molecule has 134 valence electrons. The maximum atomic E-state index is 11.5. The molecule has 4 rings (SSSR count). The Bertz CT molecular complexity index is 849. The van der Waals surface area contributed by atoms with Gasteiger partial charge in [-0.25, -0.2) is 0 Å². The third kappa shape index (κ3) is 2.16. The van der Waals surface area contributed by atoms with E-state index in [4.69, 9.17) is 4.42 Å². The minimum Gasteiger partial charge on any atom is -0.504 e. The van der Waals surface area contributed by atoms with Gasteiger partial charge >= 0.3 is 0 Å². The summed E-state index contributed by atoms with van der Waals surface area (Å²) in [5.41, 5.74) is 1.61. The number of aldehydes is 1. The van der Waals surface area contributed by atoms with Crippen LogP contribution < -0.4 is 0 Å². The molecule has 0 spiro atoms. The van der Waals surface area contributed by atoms with Gasteiger partial charge in [0.15, 0.2) is 17.8 Å². The number of aromatic hydroxyl groups is 2. The molecule has 2 aliphatic carbocycles. The molecule has 0 amide bonds. The van der Waals surface area contributed by atoms with Crippen LogP contribution in [0.3, 0.4) is 0 Å². The Hall–Kier alpha value is -1.97. The highest BCUT2D eigenvalue weighted by Crippen LogP contribution is 2.56. The van der Waals surface area contributed by atoms with E-state index in [0.717, 1.165) is 29.6 Å². The van der Waals surface area contributed by atoms with E-state index in [1.54, 1.807) is 6.07 Å². The van der Waals surface area contributed by atoms with E-state index in [-0.39, 0.29) is 22.6 Å². The summed E-state index contributed by atoms with van der Waals surface area (Å²) in [4.78, 5) is 11.5. The zero-order valence-corrected chi connectivity index (χ0v) is 15.1. The second kappa shape index (κ2) is 5.52. The lowest BCUT2D eigenvalue weighted by Gasteiger charge is -2.45. The van der Waals surface area contributed by atoms with Gasteiger partial charge in [-0.05, 0) is 42.6 Å². The van der Waals surface area contributed by atoms with Crippen molar-refractivity contribution in [2.24, 2.45) is 11.8 Å². The smallest absolute Gasteiger partial charge is 0.172 e. The molecule has 0 bridgehead atoms. The van der Waals surface area contributed by atoms with Crippen molar-refractivity contribution in [1.29, 1.82) is 0 Å². The van der Waals surface area contributed by atoms with Crippen molar-refractivity contribution in [2.45, 2.75) is 64.2 Å². The SMILES string of the molecule is CC1CCC[C@]2(C)c3c(oc4c(C=O)c(O)c(O)cc34)[C@H](C)CC[C@@H]12. The molecule has 2 aliphatic rings. The summed E-state index contributed by atoms with van der Waals surface area (Å²) >= 11 is 0. The van der Waals surface area contributed by atoms with Gasteiger partial charge < -0.3 is 14.6 Å². The van der Waals surface area contributed by atoms with E-state index < -0.39 is 5.75 Å². The maximum Gasteiger partial charge on any atom is 0.172 e. The summed E-state index contributed by atoms with van der Waals surface area (Å²) < 4.78 is 6.19. The fraction of sp³-hybridized carbons (Fsp3) is 0.571. The first-order valence-electron chi connectivity index (χ1n) is 9.35. The second-order valence-electron chi connectivity index (χ2n) is 8.37. The van der Waals surface area contributed by atoms with Crippen LogP contribution in [0.25, 0.3) is 11.0 Å². The van der Waals surface area contributed by atoms with Crippen molar-refractivity contribution >= 4 is 17.3 Å². The zero-order valence-electron chi connectivity index (χ0n) is 15.1. The zero-order chi connectivity index (χ0) is 17.9. The monoisotopic (exact) mass is 342 g/mol. The summed E-state index contributed by atoms with van der Waals surface area (Å²) in [5.74, 6) is 1.78. The van der Waals surface area contributed by atoms with Crippen LogP contribution in [0.15, 0.2) is 10.5 Å². The standard InChI is InChI=1S/C21H26O4/c1-11-5-4-8-21(3)15(11)7-6-12(2)19-17(21)13-9-16(23)18(24)14(10-22)20(13)25-19/h9-12,15,23-24H,4-8H2,1-3H3/t11?,12-,15+,21+/m1/s1. The number of phenolic OH excluding ortho intramolecular Hbond substituents is 2. The second-order valence-corrected chi connectivity index (χ2v) is 8.37. The lowest BCUT2D eigenvalue weighted by atomic mass is 9.59. The van der Waals surface area contributed by atoms with Gasteiger partial charge in [-0.1, -0.05) is 33.6 Å². The number of carbonyl (C=O) groups excluding carboxylic acids is 1. The van der Waals surface area contributed by atoms with Crippen LogP contribution in [0.2, 0.25) is 0 Å². The molecular weight excluding hydrogens is 316 g/mol. The molecule has 0 aliphatic heterocycles. The summed E-state index contributed by atoms with van der Waals surface area (Å²) in [6.45, 7) is 6.84. The van der Waals surface area contributed by atoms with Gasteiger partial charge in [-0.15, -0.1) is 0 Å². The molecule has 0 saturated heterocycles. The van der Waals surface area contributed by atoms with Crippen molar-refractivity contribution in [3.8, 4) is 11.5 Å². The number of hydrogen-bond donors (Lipinski definition) is 2. The molecule has 1 heterocycles. The molecule has 2 aromatic rings. The number of carbonyl (C=O) groups is 1. The van der Waals surface area contributed by atoms with Gasteiger partial charge in [-0.2, -0.15) is 0 Å². The molecule has 1 saturated carbocycles. The highest BCUT2D eigenvalue weighted by Gasteiger charge is 2.47. The maximum absolute atomic E-state index is 11.5. The van der Waals surface area contributed by atoms with Gasteiger partial charge in [-0.3, -0.25) is 4.79 Å². The average Bonchev–Trinajstić information content (AvgIpc) is 2.90. The number of fused-ring (bicyclic) bond motifs is 5. The molecule has 25 heavy (non-hydrogen) atoms. The Labute approximate surface area is 147 Å². The number of phenols is 2. The third-order valence-electron chi connectivity index (χ3n) is 6.90. The Balaban J connectivity index is 2.08. The summed E-state index contributed by atoms with van der Waals surface area (Å²) in [5, 5.41) is 21.0. The summed E-state index contributed by atoms with van der Waals surface area (Å²) in [6, 6.07) is 1.58. The Kier molecular flexibility index (Phi) is 3.64. The molecule has 1 aromatic heterocycles. The highest BCUT2D eigenvalue weighted by atomic mass is 16.3. The van der Waals surface area contributed by atoms with Gasteiger partial charge in [0, 0.05) is 16.9 Å². The predicted octanol–water partition coefficient (Wildman–Crippen LogP) is 5.25. The Morgan fingerprint density at radius 2 is 2.00 bits per heavy atom. The van der Waals surface area contributed by atoms with Crippen LogP contribution in [0.1, 0.15) is 80.5 Å². The molecule has 0 radical (unpaired) electrons. The number of rotatable bonds is 1. The van der Waals surface area contributed by atoms with E-state index in [1.165, 1.54) is 19.3 Å². The van der Waals surface area contributed by atoms with Crippen LogP contribution >= 0.6 is 0 Å². The van der Waals surface area contributed by atoms with E-state index in [0.29, 0.717) is 23.7 Å². The largest absolute Gasteiger partial charge is 0.504 e. The quantitative estimate of drug-likeness (QED) is 0.548. The fourth-order valence-corrected chi connectivity index (χ4v) is 5.58. The van der Waals surface area contributed by atoms with Crippen molar-refractivity contribution in [3.05, 3.63) is 23.0 Å². The van der Waals surface area contributed by atoms with Gasteiger partial charge in [0.25, 0.3) is 0 Å². The van der Waals surface area contributed by atoms with Crippen LogP contribution in [0, 0.1) is 11.8 Å². The van der Waals surface area contributed by atoms with Crippen molar-refractivity contribution in [1.82, 2.24) is 0 Å². The summed E-state index contributed by atoms with van der Waals surface area (Å²) in [6.07, 6.45) is 6.34. The normalized spacial score (nSPS) is 32.0. The fourth-order valence-electron chi connectivity index (χ4n) is 5.58. The van der Waals surface area contributed by atoms with Crippen LogP contribution in [-0.4, -0.2) is 16.5 Å². The molecule has 4 heteroatoms. The van der Waals surface area contributed by atoms with Gasteiger partial charge in [0.1, 0.15) is 16.9 Å². The summed E-state index contributed by atoms with van der Waals surface area (Å²) in [7, 11) is 0. The minimum absolute atomic E-state index is 0.0213. The van der Waals surface area contributed by atoms with Crippen LogP contribution in [0.4, 0.5) is 0 Å². The molecule has 1 aromatic carbocycles. The van der Waals surface area contributed by atoms with E-state index in [1.807, 2.05) is 0 Å². The minimum atomic E-state index is -0.391. The highest BCUT2D eigenvalue weighted by molar-refractivity contribution is 6.01. The van der Waals surface area contributed by atoms with Crippen molar-refractivity contribution in [2.75, 3.05) is 0 Å². The molecular formula is C21H26O4. The van der Waals surface area contributed by atoms with E-state index in [2.05, 4.69) is 20.8 Å². The Morgan fingerprint density at radius 3 is 2.72 bits per heavy atom. The lowest BCUT2D eigenvalue weighted by molar-refractivity contribution is 0.112. The molecule has 2 N–H and O–H groups in total. The first-order valence-corrected chi connectivity index (χ1v) is 9.35. The predicted molar refractivity (Wildman–Crippen MR) is 96.4 cm³/mol. The topological polar surface area (TPSA) is 70.7 Å². The lowest BCUT2D eigenvalue weighted by Crippen LogP contribution is -2.39. The van der Waals surface area contributed by atoms with Gasteiger partial charge in [0.2, 0.25) is 0 Å². The van der Waals surface area contributed by atoms with Gasteiger partial charge in [0.05, 0.1) is 0 Å². The molecule has 4 atom stereocenters. The van der Waals surface area contributed by atoms with E-state index in [9.17, 15) is 15.0 Å². The van der Waals surface area contributed by atoms with Crippen molar-refractivity contribution < 1.29 is 19.4 Å². The molecule has 1 unspecified atom stereocenters. The van der Waals surface area contributed by atoms with E-state index >= 15 is 0 Å². The third-order valence-corrected chi connectivity index (χ3v) is 6.90. The first kappa shape index (κ1) is 16.5. The first-order chi connectivity index (χ1) is 11.9. The number of benzene rings is 1. The van der Waals surface area contributed by atoms with Crippen molar-refractivity contribution in [3.63, 3.8) is 0 Å².